The molecule has 0 unspecified atom stereocenters. The van der Waals surface area contributed by atoms with Gasteiger partial charge in [-0.3, -0.25) is 10.2 Å². The molecule has 0 aromatic carbocycles. The van der Waals surface area contributed by atoms with Gasteiger partial charge in [-0.2, -0.15) is 0 Å². The van der Waals surface area contributed by atoms with Crippen LogP contribution in [0.2, 0.25) is 0 Å². The van der Waals surface area contributed by atoms with Gasteiger partial charge < -0.3 is 10.6 Å². The topological polar surface area (TPSA) is 91.5 Å². The van der Waals surface area contributed by atoms with E-state index in [0.29, 0.717) is 12.0 Å². The Morgan fingerprint density at radius 3 is 2.56 bits per heavy atom. The standard InChI is InChI=1S/C12H25N5O/c1-9(2)15-11(18)8-14-12(17-13)16-10-6-4-3-5-7-10/h9-10H,3-8,13H2,1-2H3,(H,15,18)(H2,14,16,17). The molecular formula is C12H25N5O. The lowest BCUT2D eigenvalue weighted by Crippen LogP contribution is -2.47. The maximum absolute atomic E-state index is 11.5. The zero-order chi connectivity index (χ0) is 13.4. The van der Waals surface area contributed by atoms with E-state index in [1.807, 2.05) is 13.8 Å². The van der Waals surface area contributed by atoms with Crippen LogP contribution in [0.15, 0.2) is 4.99 Å². The summed E-state index contributed by atoms with van der Waals surface area (Å²) in [6.45, 7) is 3.94. The molecule has 0 heterocycles. The van der Waals surface area contributed by atoms with Crippen LogP contribution >= 0.6 is 0 Å². The number of aliphatic imine (C=N–C) groups is 1. The van der Waals surface area contributed by atoms with Crippen LogP contribution in [0.3, 0.4) is 0 Å². The van der Waals surface area contributed by atoms with Gasteiger partial charge in [0, 0.05) is 12.1 Å². The number of nitrogens with two attached hydrogens (primary N) is 1. The van der Waals surface area contributed by atoms with E-state index in [1.54, 1.807) is 0 Å². The van der Waals surface area contributed by atoms with Gasteiger partial charge in [-0.1, -0.05) is 19.3 Å². The van der Waals surface area contributed by atoms with Gasteiger partial charge in [0.1, 0.15) is 6.54 Å². The molecule has 1 rings (SSSR count). The lowest BCUT2D eigenvalue weighted by Gasteiger charge is -2.24. The van der Waals surface area contributed by atoms with Crippen molar-refractivity contribution >= 4 is 11.9 Å². The van der Waals surface area contributed by atoms with Gasteiger partial charge in [-0.05, 0) is 26.7 Å². The monoisotopic (exact) mass is 255 g/mol. The number of nitrogens with one attached hydrogen (secondary N) is 3. The minimum atomic E-state index is -0.0943. The van der Waals surface area contributed by atoms with Crippen LogP contribution in [0.4, 0.5) is 0 Å². The third-order valence-electron chi connectivity index (χ3n) is 2.91. The van der Waals surface area contributed by atoms with Crippen molar-refractivity contribution in [3.05, 3.63) is 0 Å². The molecule has 104 valence electrons. The molecule has 1 saturated carbocycles. The number of carbonyl (C=O) groups excluding carboxylic acids is 1. The van der Waals surface area contributed by atoms with Gasteiger partial charge in [0.2, 0.25) is 11.9 Å². The predicted octanol–water partition coefficient (Wildman–Crippen LogP) is 0.253. The van der Waals surface area contributed by atoms with Gasteiger partial charge in [-0.15, -0.1) is 0 Å². The largest absolute Gasteiger partial charge is 0.353 e. The first-order valence-corrected chi connectivity index (χ1v) is 6.68. The summed E-state index contributed by atoms with van der Waals surface area (Å²) in [7, 11) is 0. The van der Waals surface area contributed by atoms with Crippen molar-refractivity contribution in [3.63, 3.8) is 0 Å². The highest BCUT2D eigenvalue weighted by Crippen LogP contribution is 2.16. The second-order valence-electron chi connectivity index (χ2n) is 5.01. The molecule has 0 spiro atoms. The van der Waals surface area contributed by atoms with Crippen LogP contribution in [-0.4, -0.2) is 30.5 Å². The number of rotatable bonds is 4. The molecular weight excluding hydrogens is 230 g/mol. The van der Waals surface area contributed by atoms with Gasteiger partial charge in [-0.25, -0.2) is 10.8 Å². The molecule has 1 aliphatic rings. The number of hydrazine groups is 1. The normalized spacial score (nSPS) is 17.7. The molecule has 1 amide bonds. The molecule has 5 N–H and O–H groups in total. The van der Waals surface area contributed by atoms with E-state index >= 15 is 0 Å². The highest BCUT2D eigenvalue weighted by molar-refractivity contribution is 5.84. The second kappa shape index (κ2) is 7.92. The number of guanidine groups is 1. The van der Waals surface area contributed by atoms with Gasteiger partial charge in [0.15, 0.2) is 0 Å². The number of hydrogen-bond donors (Lipinski definition) is 4. The average molecular weight is 255 g/mol. The van der Waals surface area contributed by atoms with Crippen LogP contribution < -0.4 is 21.9 Å². The predicted molar refractivity (Wildman–Crippen MR) is 72.9 cm³/mol. The zero-order valence-electron chi connectivity index (χ0n) is 11.3. The molecule has 0 bridgehead atoms. The summed E-state index contributed by atoms with van der Waals surface area (Å²) in [5.74, 6) is 5.81. The van der Waals surface area contributed by atoms with Crippen molar-refractivity contribution in [3.8, 4) is 0 Å². The fraction of sp³-hybridized carbons (Fsp3) is 0.833. The summed E-state index contributed by atoms with van der Waals surface area (Å²) >= 11 is 0. The molecule has 6 heteroatoms. The second-order valence-corrected chi connectivity index (χ2v) is 5.01. The SMILES string of the molecule is CC(C)NC(=O)CN=C(NN)NC1CCCCC1. The number of hydrogen-bond acceptors (Lipinski definition) is 3. The molecule has 0 aromatic rings. The first-order valence-electron chi connectivity index (χ1n) is 6.68. The van der Waals surface area contributed by atoms with Crippen molar-refractivity contribution < 1.29 is 4.79 Å². The molecule has 18 heavy (non-hydrogen) atoms. The molecule has 0 aromatic heterocycles. The highest BCUT2D eigenvalue weighted by atomic mass is 16.1. The first kappa shape index (κ1) is 14.8. The van der Waals surface area contributed by atoms with Crippen molar-refractivity contribution in [2.75, 3.05) is 6.54 Å². The molecule has 1 aliphatic carbocycles. The Bertz CT molecular complexity index is 284. The smallest absolute Gasteiger partial charge is 0.242 e. The minimum absolute atomic E-state index is 0.0943. The summed E-state index contributed by atoms with van der Waals surface area (Å²) in [6, 6.07) is 0.551. The Morgan fingerprint density at radius 2 is 2.00 bits per heavy atom. The lowest BCUT2D eigenvalue weighted by molar-refractivity contribution is -0.120. The van der Waals surface area contributed by atoms with Crippen LogP contribution in [-0.2, 0) is 4.79 Å². The Hall–Kier alpha value is -1.30. The average Bonchev–Trinajstić information content (AvgIpc) is 2.35. The number of nitrogens with zero attached hydrogens (tertiary/aromatic N) is 1. The van der Waals surface area contributed by atoms with E-state index < -0.39 is 0 Å². The quantitative estimate of drug-likeness (QED) is 0.251. The third-order valence-corrected chi connectivity index (χ3v) is 2.91. The first-order chi connectivity index (χ1) is 8.61. The van der Waals surface area contributed by atoms with Crippen molar-refractivity contribution in [2.24, 2.45) is 10.8 Å². The van der Waals surface area contributed by atoms with Crippen LogP contribution in [0, 0.1) is 0 Å². The third kappa shape index (κ3) is 5.86. The lowest BCUT2D eigenvalue weighted by atomic mass is 9.96. The summed E-state index contributed by atoms with van der Waals surface area (Å²) in [5, 5.41) is 6.03. The van der Waals surface area contributed by atoms with E-state index in [2.05, 4.69) is 21.1 Å². The summed E-state index contributed by atoms with van der Waals surface area (Å²) in [6.07, 6.45) is 6.06. The van der Waals surface area contributed by atoms with Crippen LogP contribution in [0.1, 0.15) is 46.0 Å². The fourth-order valence-corrected chi connectivity index (χ4v) is 2.09. The van der Waals surface area contributed by atoms with Gasteiger partial charge >= 0.3 is 0 Å². The number of amides is 1. The highest BCUT2D eigenvalue weighted by Gasteiger charge is 2.14. The molecule has 0 atom stereocenters. The molecule has 0 aliphatic heterocycles. The Kier molecular flexibility index (Phi) is 6.49. The minimum Gasteiger partial charge on any atom is -0.353 e. The molecule has 0 saturated heterocycles. The summed E-state index contributed by atoms with van der Waals surface area (Å²) in [4.78, 5) is 15.6. The van der Waals surface area contributed by atoms with E-state index in [4.69, 9.17) is 5.84 Å². The van der Waals surface area contributed by atoms with Crippen LogP contribution in [0.5, 0.6) is 0 Å². The Labute approximate surface area is 109 Å². The molecule has 1 fully saturated rings. The van der Waals surface area contributed by atoms with E-state index in [1.165, 1.54) is 19.3 Å². The van der Waals surface area contributed by atoms with Gasteiger partial charge in [0.25, 0.3) is 0 Å². The Balaban J connectivity index is 2.36. The van der Waals surface area contributed by atoms with E-state index in [0.717, 1.165) is 12.8 Å². The van der Waals surface area contributed by atoms with E-state index in [-0.39, 0.29) is 18.5 Å². The van der Waals surface area contributed by atoms with Crippen molar-refractivity contribution in [2.45, 2.75) is 58.0 Å². The van der Waals surface area contributed by atoms with E-state index in [9.17, 15) is 4.79 Å². The fourth-order valence-electron chi connectivity index (χ4n) is 2.09. The maximum atomic E-state index is 11.5. The zero-order valence-corrected chi connectivity index (χ0v) is 11.3. The van der Waals surface area contributed by atoms with Gasteiger partial charge in [0.05, 0.1) is 0 Å². The van der Waals surface area contributed by atoms with Crippen molar-refractivity contribution in [1.29, 1.82) is 0 Å². The maximum Gasteiger partial charge on any atom is 0.242 e. The summed E-state index contributed by atoms with van der Waals surface area (Å²) < 4.78 is 0. The molecule has 0 radical (unpaired) electrons. The molecule has 6 nitrogen and oxygen atoms in total. The van der Waals surface area contributed by atoms with Crippen molar-refractivity contribution in [1.82, 2.24) is 16.1 Å². The van der Waals surface area contributed by atoms with Crippen LogP contribution in [0.25, 0.3) is 0 Å². The Morgan fingerprint density at radius 1 is 1.33 bits per heavy atom. The summed E-state index contributed by atoms with van der Waals surface area (Å²) in [5.41, 5.74) is 2.52. The number of carbonyl (C=O) groups is 1.